The van der Waals surface area contributed by atoms with Crippen LogP contribution in [0.4, 0.5) is 0 Å². The first-order chi connectivity index (χ1) is 8.28. The van der Waals surface area contributed by atoms with Gasteiger partial charge in [0, 0.05) is 37.1 Å². The van der Waals surface area contributed by atoms with E-state index in [2.05, 4.69) is 35.3 Å². The maximum atomic E-state index is 5.84. The van der Waals surface area contributed by atoms with Crippen molar-refractivity contribution in [3.63, 3.8) is 0 Å². The van der Waals surface area contributed by atoms with E-state index in [0.717, 1.165) is 24.7 Å². The summed E-state index contributed by atoms with van der Waals surface area (Å²) in [4.78, 5) is 0. The predicted octanol–water partition coefficient (Wildman–Crippen LogP) is 3.45. The smallest absolute Gasteiger partial charge is 0.0406 e. The van der Waals surface area contributed by atoms with Gasteiger partial charge in [0.2, 0.25) is 0 Å². The van der Waals surface area contributed by atoms with Gasteiger partial charge in [-0.25, -0.2) is 0 Å². The molecule has 0 fully saturated rings. The molecule has 0 aliphatic rings. The number of hydrogen-bond acceptors (Lipinski definition) is 1. The van der Waals surface area contributed by atoms with E-state index in [1.807, 2.05) is 24.3 Å². The van der Waals surface area contributed by atoms with E-state index >= 15 is 0 Å². The lowest BCUT2D eigenvalue weighted by atomic mass is 10.2. The Morgan fingerprint density at radius 3 is 2.41 bits per heavy atom. The molecule has 0 saturated carbocycles. The van der Waals surface area contributed by atoms with Gasteiger partial charge in [0.05, 0.1) is 0 Å². The minimum Gasteiger partial charge on any atom is -0.354 e. The highest BCUT2D eigenvalue weighted by Crippen LogP contribution is 2.09. The number of nitrogens with one attached hydrogen (secondary N) is 1. The molecule has 0 saturated heterocycles. The number of rotatable bonds is 5. The van der Waals surface area contributed by atoms with Crippen LogP contribution in [-0.2, 0) is 19.6 Å². The molecule has 0 radical (unpaired) electrons. The van der Waals surface area contributed by atoms with E-state index in [1.165, 1.54) is 11.1 Å². The number of aryl methyl sites for hydroxylation is 1. The molecule has 2 rings (SSSR count). The molecule has 2 nitrogen and oxygen atoms in total. The molecule has 0 bridgehead atoms. The van der Waals surface area contributed by atoms with Gasteiger partial charge in [0.15, 0.2) is 0 Å². The Kier molecular flexibility index (Phi) is 4.24. The van der Waals surface area contributed by atoms with E-state index in [1.54, 1.807) is 0 Å². The first kappa shape index (κ1) is 12.2. The van der Waals surface area contributed by atoms with Gasteiger partial charge in [-0.1, -0.05) is 23.7 Å². The van der Waals surface area contributed by atoms with Crippen molar-refractivity contribution in [1.82, 2.24) is 9.88 Å². The van der Waals surface area contributed by atoms with Crippen molar-refractivity contribution in [1.29, 1.82) is 0 Å². The van der Waals surface area contributed by atoms with Crippen molar-refractivity contribution in [2.75, 3.05) is 0 Å². The summed E-state index contributed by atoms with van der Waals surface area (Å²) in [5.41, 5.74) is 2.57. The maximum absolute atomic E-state index is 5.84. The van der Waals surface area contributed by atoms with Crippen molar-refractivity contribution < 1.29 is 0 Å². The van der Waals surface area contributed by atoms with Crippen LogP contribution in [0.3, 0.4) is 0 Å². The lowest BCUT2D eigenvalue weighted by Crippen LogP contribution is -2.12. The molecule has 0 aliphatic heterocycles. The van der Waals surface area contributed by atoms with Crippen molar-refractivity contribution in [2.24, 2.45) is 0 Å². The molecule has 1 heterocycles. The summed E-state index contributed by atoms with van der Waals surface area (Å²) >= 11 is 5.84. The average Bonchev–Trinajstić information content (AvgIpc) is 2.80. The molecule has 0 atom stereocenters. The lowest BCUT2D eigenvalue weighted by molar-refractivity contribution is 0.688. The molecule has 17 heavy (non-hydrogen) atoms. The fourth-order valence-corrected chi connectivity index (χ4v) is 1.87. The first-order valence-electron chi connectivity index (χ1n) is 5.87. The SMILES string of the molecule is CCn1ccc(CNCc2ccc(Cl)cc2)c1. The second-order valence-corrected chi connectivity index (χ2v) is 4.52. The molecule has 1 aromatic carbocycles. The molecule has 1 aromatic heterocycles. The van der Waals surface area contributed by atoms with Gasteiger partial charge in [0.1, 0.15) is 0 Å². The zero-order valence-electron chi connectivity index (χ0n) is 9.99. The van der Waals surface area contributed by atoms with Crippen molar-refractivity contribution in [2.45, 2.75) is 26.6 Å². The third-order valence-electron chi connectivity index (χ3n) is 2.75. The Morgan fingerprint density at radius 2 is 1.76 bits per heavy atom. The number of aromatic nitrogens is 1. The van der Waals surface area contributed by atoms with E-state index < -0.39 is 0 Å². The largest absolute Gasteiger partial charge is 0.354 e. The fraction of sp³-hybridized carbons (Fsp3) is 0.286. The Bertz CT molecular complexity index is 459. The number of halogens is 1. The highest BCUT2D eigenvalue weighted by Gasteiger charge is 1.96. The fourth-order valence-electron chi connectivity index (χ4n) is 1.75. The second-order valence-electron chi connectivity index (χ2n) is 4.08. The summed E-state index contributed by atoms with van der Waals surface area (Å²) < 4.78 is 2.18. The average molecular weight is 249 g/mol. The van der Waals surface area contributed by atoms with Gasteiger partial charge in [0.25, 0.3) is 0 Å². The topological polar surface area (TPSA) is 17.0 Å². The zero-order chi connectivity index (χ0) is 12.1. The van der Waals surface area contributed by atoms with Crippen LogP contribution in [-0.4, -0.2) is 4.57 Å². The molecule has 0 aliphatic carbocycles. The molecule has 2 aromatic rings. The highest BCUT2D eigenvalue weighted by molar-refractivity contribution is 6.30. The molecule has 3 heteroatoms. The Balaban J connectivity index is 1.81. The van der Waals surface area contributed by atoms with Crippen molar-refractivity contribution in [3.8, 4) is 0 Å². The highest BCUT2D eigenvalue weighted by atomic mass is 35.5. The van der Waals surface area contributed by atoms with Gasteiger partial charge in [-0.2, -0.15) is 0 Å². The molecular weight excluding hydrogens is 232 g/mol. The molecule has 0 spiro atoms. The van der Waals surface area contributed by atoms with Gasteiger partial charge in [-0.15, -0.1) is 0 Å². The number of benzene rings is 1. The van der Waals surface area contributed by atoms with Crippen LogP contribution in [0.25, 0.3) is 0 Å². The molecule has 1 N–H and O–H groups in total. The summed E-state index contributed by atoms with van der Waals surface area (Å²) in [6, 6.07) is 10.1. The molecule has 90 valence electrons. The van der Waals surface area contributed by atoms with Crippen LogP contribution >= 0.6 is 11.6 Å². The first-order valence-corrected chi connectivity index (χ1v) is 6.25. The van der Waals surface area contributed by atoms with Crippen LogP contribution in [0.15, 0.2) is 42.7 Å². The zero-order valence-corrected chi connectivity index (χ0v) is 10.7. The van der Waals surface area contributed by atoms with E-state index in [0.29, 0.717) is 0 Å². The molecular formula is C14H17ClN2. The number of nitrogens with zero attached hydrogens (tertiary/aromatic N) is 1. The Labute approximate surface area is 107 Å². The second kappa shape index (κ2) is 5.89. The van der Waals surface area contributed by atoms with Crippen LogP contribution < -0.4 is 5.32 Å². The normalized spacial score (nSPS) is 10.7. The van der Waals surface area contributed by atoms with Crippen LogP contribution in [0.2, 0.25) is 5.02 Å². The number of hydrogen-bond donors (Lipinski definition) is 1. The van der Waals surface area contributed by atoms with Crippen molar-refractivity contribution >= 4 is 11.6 Å². The minimum absolute atomic E-state index is 0.786. The quantitative estimate of drug-likeness (QED) is 0.858. The van der Waals surface area contributed by atoms with E-state index in [9.17, 15) is 0 Å². The van der Waals surface area contributed by atoms with Gasteiger partial charge < -0.3 is 9.88 Å². The van der Waals surface area contributed by atoms with E-state index in [-0.39, 0.29) is 0 Å². The minimum atomic E-state index is 0.786. The van der Waals surface area contributed by atoms with Crippen LogP contribution in [0.5, 0.6) is 0 Å². The summed E-state index contributed by atoms with van der Waals surface area (Å²) in [6.07, 6.45) is 4.29. The molecule has 0 unspecified atom stereocenters. The van der Waals surface area contributed by atoms with Crippen LogP contribution in [0, 0.1) is 0 Å². The van der Waals surface area contributed by atoms with E-state index in [4.69, 9.17) is 11.6 Å². The van der Waals surface area contributed by atoms with Crippen LogP contribution in [0.1, 0.15) is 18.1 Å². The Hall–Kier alpha value is -1.25. The third-order valence-corrected chi connectivity index (χ3v) is 3.00. The monoisotopic (exact) mass is 248 g/mol. The standard InChI is InChI=1S/C14H17ClN2/c1-2-17-8-7-13(11-17)10-16-9-12-3-5-14(15)6-4-12/h3-8,11,16H,2,9-10H2,1H3. The summed E-state index contributed by atoms with van der Waals surface area (Å²) in [5.74, 6) is 0. The van der Waals surface area contributed by atoms with Gasteiger partial charge >= 0.3 is 0 Å². The van der Waals surface area contributed by atoms with Crippen molar-refractivity contribution in [3.05, 3.63) is 58.9 Å². The summed E-state index contributed by atoms with van der Waals surface area (Å²) in [6.45, 7) is 4.94. The lowest BCUT2D eigenvalue weighted by Gasteiger charge is -2.03. The summed E-state index contributed by atoms with van der Waals surface area (Å²) in [7, 11) is 0. The van der Waals surface area contributed by atoms with Gasteiger partial charge in [-0.05, 0) is 36.2 Å². The van der Waals surface area contributed by atoms with Gasteiger partial charge in [-0.3, -0.25) is 0 Å². The third kappa shape index (κ3) is 3.62. The molecule has 0 amide bonds. The summed E-state index contributed by atoms with van der Waals surface area (Å²) in [5, 5.41) is 4.20. The predicted molar refractivity (Wildman–Crippen MR) is 72.1 cm³/mol. The maximum Gasteiger partial charge on any atom is 0.0406 e. The Morgan fingerprint density at radius 1 is 1.06 bits per heavy atom.